The van der Waals surface area contributed by atoms with Gasteiger partial charge in [0, 0.05) is 12.0 Å². The lowest BCUT2D eigenvalue weighted by Crippen LogP contribution is -2.25. The fourth-order valence-corrected chi connectivity index (χ4v) is 6.08. The van der Waals surface area contributed by atoms with Gasteiger partial charge in [-0.15, -0.1) is 11.3 Å². The number of hydrogen-bond acceptors (Lipinski definition) is 7. The highest BCUT2D eigenvalue weighted by Crippen LogP contribution is 2.35. The lowest BCUT2D eigenvalue weighted by atomic mass is 10.2. The summed E-state index contributed by atoms with van der Waals surface area (Å²) in [5, 5.41) is 1.96. The highest BCUT2D eigenvalue weighted by atomic mass is 32.2. The number of thiophene rings is 1. The molecule has 0 radical (unpaired) electrons. The van der Waals surface area contributed by atoms with E-state index in [2.05, 4.69) is 9.97 Å². The normalized spacial score (nSPS) is 13.4. The Kier molecular flexibility index (Phi) is 5.18. The molecule has 1 aliphatic rings. The molecular weight excluding hydrogens is 420 g/mol. The molecule has 7 nitrogen and oxygen atoms in total. The zero-order valence-corrected chi connectivity index (χ0v) is 18.1. The van der Waals surface area contributed by atoms with E-state index in [1.54, 1.807) is 29.1 Å². The average Bonchev–Trinajstić information content (AvgIpc) is 3.32. The number of aromatic nitrogens is 4. The van der Waals surface area contributed by atoms with Gasteiger partial charge >= 0.3 is 0 Å². The van der Waals surface area contributed by atoms with Gasteiger partial charge in [0.15, 0.2) is 5.16 Å². The summed E-state index contributed by atoms with van der Waals surface area (Å²) in [4.78, 5) is 40.0. The highest BCUT2D eigenvalue weighted by molar-refractivity contribution is 7.98. The predicted octanol–water partition coefficient (Wildman–Crippen LogP) is 3.12. The summed E-state index contributed by atoms with van der Waals surface area (Å²) in [6.07, 6.45) is 3.08. The Morgan fingerprint density at radius 2 is 2.10 bits per heavy atom. The Bertz CT molecular complexity index is 1370. The number of para-hydroxylation sites is 1. The van der Waals surface area contributed by atoms with E-state index in [1.807, 2.05) is 18.2 Å². The molecule has 0 saturated carbocycles. The molecule has 0 unspecified atom stereocenters. The molecule has 0 saturated heterocycles. The van der Waals surface area contributed by atoms with E-state index in [-0.39, 0.29) is 11.1 Å². The van der Waals surface area contributed by atoms with E-state index in [9.17, 15) is 9.59 Å². The van der Waals surface area contributed by atoms with E-state index in [0.29, 0.717) is 40.8 Å². The number of aryl methyl sites for hydroxylation is 2. The number of benzene rings is 1. The molecular formula is C21H20N4O3S2. The van der Waals surface area contributed by atoms with Crippen LogP contribution in [-0.2, 0) is 29.9 Å². The highest BCUT2D eigenvalue weighted by Gasteiger charge is 2.23. The predicted molar refractivity (Wildman–Crippen MR) is 120 cm³/mol. The summed E-state index contributed by atoms with van der Waals surface area (Å²) in [6.45, 7) is 0.866. The van der Waals surface area contributed by atoms with Crippen LogP contribution in [-0.4, -0.2) is 33.2 Å². The minimum Gasteiger partial charge on any atom is -0.383 e. The number of thioether (sulfide) groups is 1. The second-order valence-corrected chi connectivity index (χ2v) is 9.23. The number of aromatic amines is 1. The first-order valence-corrected chi connectivity index (χ1v) is 11.6. The van der Waals surface area contributed by atoms with Crippen molar-refractivity contribution in [2.45, 2.75) is 36.7 Å². The zero-order valence-electron chi connectivity index (χ0n) is 16.4. The molecule has 0 spiro atoms. The molecule has 0 fully saturated rings. The molecule has 4 aromatic rings. The molecule has 9 heteroatoms. The number of H-pyrrole nitrogens is 1. The van der Waals surface area contributed by atoms with Crippen molar-refractivity contribution in [1.82, 2.24) is 19.5 Å². The Balaban J connectivity index is 1.53. The van der Waals surface area contributed by atoms with Crippen molar-refractivity contribution in [3.05, 3.63) is 61.2 Å². The maximum absolute atomic E-state index is 13.3. The van der Waals surface area contributed by atoms with E-state index >= 15 is 0 Å². The molecule has 3 heterocycles. The number of nitrogens with zero attached hydrogens (tertiary/aromatic N) is 3. The standard InChI is InChI=1S/C21H20N4O3S2/c1-28-10-9-25-20(27)17-13-6-4-8-15(13)30-19(17)24-21(25)29-11-16-22-14-7-3-2-5-12(14)18(26)23-16/h2-3,5,7H,4,6,8-11H2,1H3,(H,22,23,26). The zero-order chi connectivity index (χ0) is 20.7. The summed E-state index contributed by atoms with van der Waals surface area (Å²) >= 11 is 3.04. The third-order valence-corrected chi connectivity index (χ3v) is 7.48. The van der Waals surface area contributed by atoms with Crippen molar-refractivity contribution >= 4 is 44.2 Å². The number of hydrogen-bond donors (Lipinski definition) is 1. The second-order valence-electron chi connectivity index (χ2n) is 7.20. The number of ether oxygens (including phenoxy) is 1. The minimum atomic E-state index is -0.161. The van der Waals surface area contributed by atoms with Gasteiger partial charge in [-0.1, -0.05) is 23.9 Å². The van der Waals surface area contributed by atoms with Gasteiger partial charge in [-0.3, -0.25) is 14.2 Å². The van der Waals surface area contributed by atoms with E-state index in [0.717, 1.165) is 29.5 Å². The van der Waals surface area contributed by atoms with Crippen molar-refractivity contribution < 1.29 is 4.74 Å². The van der Waals surface area contributed by atoms with Gasteiger partial charge in [-0.05, 0) is 37.0 Å². The first-order chi connectivity index (χ1) is 14.7. The third kappa shape index (κ3) is 3.36. The van der Waals surface area contributed by atoms with Crippen LogP contribution in [0, 0.1) is 0 Å². The van der Waals surface area contributed by atoms with Gasteiger partial charge in [0.2, 0.25) is 0 Å². The molecule has 1 N–H and O–H groups in total. The number of fused-ring (bicyclic) bond motifs is 4. The van der Waals surface area contributed by atoms with Crippen molar-refractivity contribution in [3.8, 4) is 0 Å². The van der Waals surface area contributed by atoms with Crippen LogP contribution in [0.1, 0.15) is 22.7 Å². The van der Waals surface area contributed by atoms with Crippen molar-refractivity contribution in [2.24, 2.45) is 0 Å². The fraction of sp³-hybridized carbons (Fsp3) is 0.333. The average molecular weight is 441 g/mol. The van der Waals surface area contributed by atoms with Crippen LogP contribution in [0.4, 0.5) is 0 Å². The molecule has 1 aromatic carbocycles. The monoisotopic (exact) mass is 440 g/mol. The lowest BCUT2D eigenvalue weighted by molar-refractivity contribution is 0.183. The lowest BCUT2D eigenvalue weighted by Gasteiger charge is -2.12. The minimum absolute atomic E-state index is 0.00101. The van der Waals surface area contributed by atoms with Gasteiger partial charge in [-0.2, -0.15) is 0 Å². The summed E-state index contributed by atoms with van der Waals surface area (Å²) in [7, 11) is 1.62. The largest absolute Gasteiger partial charge is 0.383 e. The Morgan fingerprint density at radius 3 is 2.97 bits per heavy atom. The van der Waals surface area contributed by atoms with Crippen LogP contribution < -0.4 is 11.1 Å². The summed E-state index contributed by atoms with van der Waals surface area (Å²) < 4.78 is 6.91. The quantitative estimate of drug-likeness (QED) is 0.366. The SMILES string of the molecule is COCCn1c(SCc2nc3ccccc3c(=O)[nH]2)nc2sc3c(c2c1=O)CCC3. The third-order valence-electron chi connectivity index (χ3n) is 5.31. The molecule has 5 rings (SSSR count). The molecule has 0 bridgehead atoms. The first-order valence-electron chi connectivity index (χ1n) is 9.80. The number of methoxy groups -OCH3 is 1. The summed E-state index contributed by atoms with van der Waals surface area (Å²) in [6, 6.07) is 7.26. The number of nitrogens with one attached hydrogen (secondary N) is 1. The summed E-state index contributed by atoms with van der Waals surface area (Å²) in [5.74, 6) is 0.973. The van der Waals surface area contributed by atoms with Crippen LogP contribution in [0.25, 0.3) is 21.1 Å². The van der Waals surface area contributed by atoms with Gasteiger partial charge in [0.1, 0.15) is 10.7 Å². The molecule has 30 heavy (non-hydrogen) atoms. The van der Waals surface area contributed by atoms with Gasteiger partial charge in [-0.25, -0.2) is 9.97 Å². The first kappa shape index (κ1) is 19.5. The molecule has 0 amide bonds. The second kappa shape index (κ2) is 7.98. The fourth-order valence-electron chi connectivity index (χ4n) is 3.88. The van der Waals surface area contributed by atoms with Crippen LogP contribution >= 0.6 is 23.1 Å². The van der Waals surface area contributed by atoms with Gasteiger partial charge in [0.05, 0.1) is 35.2 Å². The molecule has 0 aliphatic heterocycles. The van der Waals surface area contributed by atoms with Crippen molar-refractivity contribution in [2.75, 3.05) is 13.7 Å². The Hall–Kier alpha value is -2.49. The Labute approximate surface area is 180 Å². The smallest absolute Gasteiger partial charge is 0.263 e. The van der Waals surface area contributed by atoms with Crippen LogP contribution in [0.15, 0.2) is 39.0 Å². The van der Waals surface area contributed by atoms with Crippen molar-refractivity contribution in [1.29, 1.82) is 0 Å². The molecule has 154 valence electrons. The molecule has 1 aliphatic carbocycles. The van der Waals surface area contributed by atoms with E-state index < -0.39 is 0 Å². The number of rotatable bonds is 6. The van der Waals surface area contributed by atoms with E-state index in [1.165, 1.54) is 22.2 Å². The van der Waals surface area contributed by atoms with E-state index in [4.69, 9.17) is 9.72 Å². The summed E-state index contributed by atoms with van der Waals surface area (Å²) in [5.41, 5.74) is 1.67. The van der Waals surface area contributed by atoms with Crippen molar-refractivity contribution in [3.63, 3.8) is 0 Å². The maximum atomic E-state index is 13.3. The van der Waals surface area contributed by atoms with Crippen LogP contribution in [0.2, 0.25) is 0 Å². The van der Waals surface area contributed by atoms with Gasteiger partial charge in [0.25, 0.3) is 11.1 Å². The van der Waals surface area contributed by atoms with Gasteiger partial charge < -0.3 is 9.72 Å². The molecule has 3 aromatic heterocycles. The maximum Gasteiger partial charge on any atom is 0.263 e. The molecule has 0 atom stereocenters. The topological polar surface area (TPSA) is 89.9 Å². The van der Waals surface area contributed by atoms with Crippen LogP contribution in [0.5, 0.6) is 0 Å². The van der Waals surface area contributed by atoms with Crippen LogP contribution in [0.3, 0.4) is 0 Å². The Morgan fingerprint density at radius 1 is 1.23 bits per heavy atom.